The number of carboxylic acid groups (broad SMARTS) is 2. The standard InChI is InChI=1S/C21H19N9O7S3/c1-37-28-13(10-6-40-20(22)26-10)16(33)27-14-17(34)29-15(19(35)36)8(5-39-18(14)29)4-38-11-2-9(3-12(31)32)25-21-23-7-24-30(11)21/h2,6-7,14,18H,3-5H2,1H3,(H2,22,26)(H,27,33)(H,31,32)(H,35,36)/b28-13-/t14-,18-/m1/s1. The van der Waals surface area contributed by atoms with Crippen LogP contribution in [0.4, 0.5) is 5.13 Å². The van der Waals surface area contributed by atoms with Crippen LogP contribution < -0.4 is 11.1 Å². The van der Waals surface area contributed by atoms with Gasteiger partial charge >= 0.3 is 11.9 Å². The van der Waals surface area contributed by atoms with Crippen LogP contribution >= 0.6 is 34.9 Å². The van der Waals surface area contributed by atoms with E-state index in [1.54, 1.807) is 6.07 Å². The summed E-state index contributed by atoms with van der Waals surface area (Å²) in [7, 11) is 1.26. The van der Waals surface area contributed by atoms with E-state index in [0.717, 1.165) is 16.2 Å². The summed E-state index contributed by atoms with van der Waals surface area (Å²) in [4.78, 5) is 67.5. The highest BCUT2D eigenvalue weighted by molar-refractivity contribution is 8.01. The Morgan fingerprint density at radius 1 is 1.32 bits per heavy atom. The molecule has 1 saturated heterocycles. The quantitative estimate of drug-likeness (QED) is 0.0763. The number of oxime groups is 1. The summed E-state index contributed by atoms with van der Waals surface area (Å²) < 4.78 is 1.42. The maximum absolute atomic E-state index is 13.1. The molecule has 208 valence electrons. The van der Waals surface area contributed by atoms with Crippen molar-refractivity contribution in [3.63, 3.8) is 0 Å². The van der Waals surface area contributed by atoms with E-state index in [1.807, 2.05) is 0 Å². The zero-order valence-corrected chi connectivity index (χ0v) is 22.8. The van der Waals surface area contributed by atoms with E-state index in [0.29, 0.717) is 10.6 Å². The van der Waals surface area contributed by atoms with Crippen LogP contribution in [0.5, 0.6) is 0 Å². The number of carbonyl (C=O) groups is 4. The maximum Gasteiger partial charge on any atom is 0.352 e. The summed E-state index contributed by atoms with van der Waals surface area (Å²) in [6.45, 7) is 0. The molecule has 0 aromatic carbocycles. The Kier molecular flexibility index (Phi) is 7.59. The van der Waals surface area contributed by atoms with Crippen LogP contribution in [0.3, 0.4) is 0 Å². The number of fused-ring (bicyclic) bond motifs is 2. The van der Waals surface area contributed by atoms with E-state index in [1.165, 1.54) is 46.9 Å². The fourth-order valence-electron chi connectivity index (χ4n) is 4.04. The van der Waals surface area contributed by atoms with Crippen LogP contribution in [-0.4, -0.2) is 99.2 Å². The number of aliphatic carboxylic acids is 2. The molecule has 2 aliphatic rings. The first-order valence-electron chi connectivity index (χ1n) is 11.3. The van der Waals surface area contributed by atoms with Gasteiger partial charge in [-0.15, -0.1) is 34.9 Å². The van der Waals surface area contributed by atoms with Crippen molar-refractivity contribution in [3.05, 3.63) is 40.4 Å². The molecule has 40 heavy (non-hydrogen) atoms. The van der Waals surface area contributed by atoms with Crippen molar-refractivity contribution >= 4 is 75.2 Å². The average molecular weight is 606 g/mol. The summed E-state index contributed by atoms with van der Waals surface area (Å²) in [6.07, 6.45) is 0.957. The number of anilines is 1. The van der Waals surface area contributed by atoms with E-state index in [-0.39, 0.29) is 51.6 Å². The molecular weight excluding hydrogens is 586 g/mol. The molecule has 5 rings (SSSR count). The third kappa shape index (κ3) is 5.17. The third-order valence-electron chi connectivity index (χ3n) is 5.70. The number of nitrogens with zero attached hydrogens (tertiary/aromatic N) is 7. The second kappa shape index (κ2) is 11.1. The highest BCUT2D eigenvalue weighted by Crippen LogP contribution is 2.41. The van der Waals surface area contributed by atoms with Gasteiger partial charge in [0.05, 0.1) is 12.1 Å². The molecular formula is C21H19N9O7S3. The van der Waals surface area contributed by atoms with E-state index < -0.39 is 35.2 Å². The van der Waals surface area contributed by atoms with Crippen molar-refractivity contribution in [2.24, 2.45) is 5.16 Å². The van der Waals surface area contributed by atoms with Crippen molar-refractivity contribution in [2.75, 3.05) is 24.3 Å². The van der Waals surface area contributed by atoms with E-state index in [9.17, 15) is 24.3 Å². The Labute approximate surface area is 236 Å². The van der Waals surface area contributed by atoms with E-state index >= 15 is 0 Å². The molecule has 3 aromatic rings. The zero-order valence-electron chi connectivity index (χ0n) is 20.4. The average Bonchev–Trinajstić information content (AvgIpc) is 3.56. The number of aromatic nitrogens is 5. The first-order chi connectivity index (χ1) is 19.2. The molecule has 5 heterocycles. The Balaban J connectivity index is 1.34. The summed E-state index contributed by atoms with van der Waals surface area (Å²) in [5, 5.41) is 31.1. The number of β-lactam (4-membered cyclic amide) rings is 1. The lowest BCUT2D eigenvalue weighted by atomic mass is 10.0. The van der Waals surface area contributed by atoms with Gasteiger partial charge in [-0.2, -0.15) is 14.6 Å². The first-order valence-corrected chi connectivity index (χ1v) is 14.2. The van der Waals surface area contributed by atoms with Gasteiger partial charge in [-0.3, -0.25) is 19.3 Å². The summed E-state index contributed by atoms with van der Waals surface area (Å²) in [6, 6.07) is 0.558. The molecule has 0 spiro atoms. The minimum Gasteiger partial charge on any atom is -0.481 e. The Morgan fingerprint density at radius 3 is 2.80 bits per heavy atom. The summed E-state index contributed by atoms with van der Waals surface area (Å²) in [5.41, 5.74) is 6.23. The van der Waals surface area contributed by atoms with Crippen LogP contribution in [0.15, 0.2) is 39.2 Å². The predicted molar refractivity (Wildman–Crippen MR) is 143 cm³/mol. The number of nitrogens with one attached hydrogen (secondary N) is 1. The number of hydrogen-bond acceptors (Lipinski definition) is 14. The van der Waals surface area contributed by atoms with Gasteiger partial charge in [0, 0.05) is 16.9 Å². The molecule has 0 saturated carbocycles. The third-order valence-corrected chi connectivity index (χ3v) is 8.79. The number of nitrogens with two attached hydrogens (primary N) is 1. The second-order valence-electron chi connectivity index (χ2n) is 8.23. The van der Waals surface area contributed by atoms with Gasteiger partial charge in [-0.1, -0.05) is 5.16 Å². The monoisotopic (exact) mass is 605 g/mol. The molecule has 1 fully saturated rings. The molecule has 2 atom stereocenters. The van der Waals surface area contributed by atoms with Gasteiger partial charge in [0.15, 0.2) is 10.8 Å². The fourth-order valence-corrected chi connectivity index (χ4v) is 7.09. The minimum atomic E-state index is -1.29. The molecule has 5 N–H and O–H groups in total. The normalized spacial score (nSPS) is 18.9. The van der Waals surface area contributed by atoms with Crippen LogP contribution in [-0.2, 0) is 30.4 Å². The van der Waals surface area contributed by atoms with Crippen molar-refractivity contribution in [1.29, 1.82) is 0 Å². The number of hydrogen-bond donors (Lipinski definition) is 4. The molecule has 19 heteroatoms. The Morgan fingerprint density at radius 2 is 2.12 bits per heavy atom. The highest BCUT2D eigenvalue weighted by Gasteiger charge is 2.54. The molecule has 3 aromatic heterocycles. The molecule has 16 nitrogen and oxygen atoms in total. The molecule has 2 aliphatic heterocycles. The number of thiazole rings is 1. The molecule has 0 bridgehead atoms. The first kappa shape index (κ1) is 27.3. The molecule has 0 aliphatic carbocycles. The Bertz CT molecular complexity index is 1600. The number of nitrogen functional groups attached to an aromatic ring is 1. The van der Waals surface area contributed by atoms with Gasteiger partial charge in [0.2, 0.25) is 0 Å². The maximum atomic E-state index is 13.1. The summed E-state index contributed by atoms with van der Waals surface area (Å²) in [5.74, 6) is -3.02. The minimum absolute atomic E-state index is 0.167. The number of carboxylic acids is 2. The Hall–Kier alpha value is -4.23. The van der Waals surface area contributed by atoms with Gasteiger partial charge in [0.25, 0.3) is 17.6 Å². The second-order valence-corrected chi connectivity index (χ2v) is 11.2. The van der Waals surface area contributed by atoms with Crippen molar-refractivity contribution in [3.8, 4) is 0 Å². The topological polar surface area (TPSA) is 228 Å². The highest BCUT2D eigenvalue weighted by atomic mass is 32.2. The van der Waals surface area contributed by atoms with Gasteiger partial charge in [-0.05, 0) is 11.6 Å². The SMILES string of the molecule is CO/N=C(\C(=O)N[C@@H]1C(=O)N2C(C(=O)O)=C(CSc3cc(CC(=O)O)nc4ncnn34)CS[C@H]12)c1csc(N)n1. The van der Waals surface area contributed by atoms with Gasteiger partial charge in [-0.25, -0.2) is 14.8 Å². The molecule has 0 radical (unpaired) electrons. The lowest BCUT2D eigenvalue weighted by Crippen LogP contribution is -2.71. The molecule has 2 amide bonds. The zero-order chi connectivity index (χ0) is 28.6. The van der Waals surface area contributed by atoms with Gasteiger partial charge < -0.3 is 26.1 Å². The smallest absolute Gasteiger partial charge is 0.352 e. The largest absolute Gasteiger partial charge is 0.481 e. The van der Waals surface area contributed by atoms with Crippen LogP contribution in [0, 0.1) is 0 Å². The molecule has 0 unspecified atom stereocenters. The number of rotatable bonds is 10. The van der Waals surface area contributed by atoms with Crippen molar-refractivity contribution < 1.29 is 34.2 Å². The van der Waals surface area contributed by atoms with Crippen LogP contribution in [0.2, 0.25) is 0 Å². The number of carbonyl (C=O) groups excluding carboxylic acids is 2. The van der Waals surface area contributed by atoms with E-state index in [4.69, 9.17) is 15.7 Å². The van der Waals surface area contributed by atoms with Crippen molar-refractivity contribution in [1.82, 2.24) is 34.8 Å². The lowest BCUT2D eigenvalue weighted by Gasteiger charge is -2.49. The van der Waals surface area contributed by atoms with Crippen molar-refractivity contribution in [2.45, 2.75) is 22.9 Å². The fraction of sp³-hybridized carbons (Fsp3) is 0.286. The van der Waals surface area contributed by atoms with Crippen LogP contribution in [0.25, 0.3) is 5.78 Å². The summed E-state index contributed by atoms with van der Waals surface area (Å²) >= 11 is 3.61. The lowest BCUT2D eigenvalue weighted by molar-refractivity contribution is -0.150. The van der Waals surface area contributed by atoms with Crippen LogP contribution in [0.1, 0.15) is 11.4 Å². The van der Waals surface area contributed by atoms with E-state index in [2.05, 4.69) is 30.5 Å². The predicted octanol–water partition coefficient (Wildman–Crippen LogP) is -0.328. The number of thioether (sulfide) groups is 2. The van der Waals surface area contributed by atoms with Gasteiger partial charge in [0.1, 0.15) is 41.3 Å². The number of amides is 2.